The number of alkyl halides is 3. The number of methoxy groups -OCH3 is 1. The van der Waals surface area contributed by atoms with Gasteiger partial charge >= 0.3 is 17.9 Å². The molecule has 2 heterocycles. The maximum absolute atomic E-state index is 13.3. The zero-order valence-corrected chi connectivity index (χ0v) is 21.6. The second-order valence-electron chi connectivity index (χ2n) is 9.49. The van der Waals surface area contributed by atoms with Crippen LogP contribution in [-0.2, 0) is 11.2 Å². The summed E-state index contributed by atoms with van der Waals surface area (Å²) in [5, 5.41) is 13.0. The quantitative estimate of drug-likeness (QED) is 0.318. The Labute approximate surface area is 216 Å². The van der Waals surface area contributed by atoms with Crippen LogP contribution in [-0.4, -0.2) is 30.3 Å². The highest BCUT2D eigenvalue weighted by molar-refractivity contribution is 7.12. The van der Waals surface area contributed by atoms with Gasteiger partial charge in [0, 0.05) is 45.7 Å². The highest BCUT2D eigenvalue weighted by atomic mass is 32.1. The molecule has 0 bridgehead atoms. The molecule has 3 unspecified atom stereocenters. The van der Waals surface area contributed by atoms with Gasteiger partial charge in [0.25, 0.3) is 0 Å². The molecule has 0 radical (unpaired) electrons. The Morgan fingerprint density at radius 2 is 2.11 bits per heavy atom. The molecule has 11 heteroatoms. The normalized spacial score (nSPS) is 20.1. The Morgan fingerprint density at radius 1 is 1.38 bits per heavy atom. The molecule has 1 amide bonds. The fourth-order valence-electron chi connectivity index (χ4n) is 4.20. The lowest BCUT2D eigenvalue weighted by Gasteiger charge is -2.13. The first-order chi connectivity index (χ1) is 17.4. The zero-order chi connectivity index (χ0) is 27.4. The third-order valence-electron chi connectivity index (χ3n) is 6.60. The molecule has 0 aliphatic heterocycles. The second kappa shape index (κ2) is 11.5. The van der Waals surface area contributed by atoms with E-state index in [1.54, 1.807) is 19.1 Å². The third-order valence-corrected chi connectivity index (χ3v) is 7.86. The summed E-state index contributed by atoms with van der Waals surface area (Å²) < 4.78 is 47.0. The molecule has 2 aromatic rings. The number of aromatic hydroxyl groups is 1. The molecular formula is C26H30F3NO6S. The van der Waals surface area contributed by atoms with Crippen molar-refractivity contribution >= 4 is 23.2 Å². The number of alkyl carbamates (subject to hydrolysis) is 1. The first kappa shape index (κ1) is 28.5. The number of nitrogens with one attached hydrogen (secondary N) is 1. The van der Waals surface area contributed by atoms with Crippen LogP contribution in [0.2, 0.25) is 0 Å². The van der Waals surface area contributed by atoms with E-state index in [4.69, 9.17) is 4.42 Å². The predicted molar refractivity (Wildman–Crippen MR) is 132 cm³/mol. The van der Waals surface area contributed by atoms with E-state index in [0.29, 0.717) is 25.7 Å². The molecule has 2 aromatic heterocycles. The van der Waals surface area contributed by atoms with Gasteiger partial charge in [-0.1, -0.05) is 19.9 Å². The number of thiophene rings is 1. The molecule has 0 saturated heterocycles. The van der Waals surface area contributed by atoms with Gasteiger partial charge in [-0.05, 0) is 44.2 Å². The molecule has 3 atom stereocenters. The number of hydrogen-bond acceptors (Lipinski definition) is 7. The average molecular weight is 542 g/mol. The SMILES string of the molecule is COC(=O)N/C=C/CCC(C)c1cc(O)c(C(=O)C2(C)CC2c2ccc(CCCC(F)(F)F)s2)c(=O)o1. The maximum Gasteiger partial charge on any atom is 0.410 e. The number of carbonyl (C=O) groups is 2. The monoisotopic (exact) mass is 541 g/mol. The summed E-state index contributed by atoms with van der Waals surface area (Å²) in [7, 11) is 1.25. The van der Waals surface area contributed by atoms with Crippen molar-refractivity contribution in [3.63, 3.8) is 0 Å². The van der Waals surface area contributed by atoms with Crippen LogP contribution in [0.25, 0.3) is 0 Å². The molecule has 0 aromatic carbocycles. The number of amides is 1. The van der Waals surface area contributed by atoms with Gasteiger partial charge in [-0.2, -0.15) is 13.2 Å². The van der Waals surface area contributed by atoms with Crippen LogP contribution >= 0.6 is 11.3 Å². The second-order valence-corrected chi connectivity index (χ2v) is 10.7. The molecule has 1 saturated carbocycles. The summed E-state index contributed by atoms with van der Waals surface area (Å²) in [5.74, 6) is -1.11. The van der Waals surface area contributed by atoms with E-state index < -0.39 is 41.3 Å². The smallest absolute Gasteiger partial charge is 0.410 e. The number of allylic oxidation sites excluding steroid dienone is 1. The molecule has 37 heavy (non-hydrogen) atoms. The first-order valence-electron chi connectivity index (χ1n) is 11.9. The minimum Gasteiger partial charge on any atom is -0.507 e. The summed E-state index contributed by atoms with van der Waals surface area (Å²) in [6.07, 6.45) is -0.569. The number of Topliss-reactive ketones (excluding diaryl/α,β-unsaturated/α-hetero) is 1. The Morgan fingerprint density at radius 3 is 2.76 bits per heavy atom. The lowest BCUT2D eigenvalue weighted by Crippen LogP contribution is -2.23. The highest BCUT2D eigenvalue weighted by Gasteiger charge is 2.58. The minimum absolute atomic E-state index is 0.00464. The molecular weight excluding hydrogens is 511 g/mol. The van der Waals surface area contributed by atoms with Gasteiger partial charge in [-0.3, -0.25) is 10.1 Å². The van der Waals surface area contributed by atoms with Crippen molar-refractivity contribution in [2.45, 2.75) is 70.4 Å². The summed E-state index contributed by atoms with van der Waals surface area (Å²) in [6, 6.07) is 4.89. The molecule has 1 aliphatic rings. The Bertz CT molecular complexity index is 1220. The number of hydrogen-bond donors (Lipinski definition) is 2. The predicted octanol–water partition coefficient (Wildman–Crippen LogP) is 6.42. The molecule has 0 spiro atoms. The van der Waals surface area contributed by atoms with Crippen molar-refractivity contribution in [1.29, 1.82) is 0 Å². The largest absolute Gasteiger partial charge is 0.507 e. The molecule has 3 rings (SSSR count). The van der Waals surface area contributed by atoms with Crippen LogP contribution < -0.4 is 10.9 Å². The first-order valence-corrected chi connectivity index (χ1v) is 12.7. The van der Waals surface area contributed by atoms with Gasteiger partial charge in [0.1, 0.15) is 17.1 Å². The molecule has 2 N–H and O–H groups in total. The number of halogens is 3. The van der Waals surface area contributed by atoms with Crippen molar-refractivity contribution in [3.8, 4) is 5.75 Å². The van der Waals surface area contributed by atoms with E-state index >= 15 is 0 Å². The third kappa shape index (κ3) is 7.24. The molecule has 202 valence electrons. The Kier molecular flexibility index (Phi) is 8.88. The summed E-state index contributed by atoms with van der Waals surface area (Å²) in [4.78, 5) is 38.7. The topological polar surface area (TPSA) is 106 Å². The van der Waals surface area contributed by atoms with E-state index in [1.807, 2.05) is 13.0 Å². The van der Waals surface area contributed by atoms with Crippen LogP contribution in [0.5, 0.6) is 5.75 Å². The lowest BCUT2D eigenvalue weighted by molar-refractivity contribution is -0.135. The lowest BCUT2D eigenvalue weighted by atomic mass is 9.93. The standard InChI is InChI=1S/C26H30F3NO6S/c1-15(7-4-5-12-30-24(34)35-3)19-13-18(31)21(23(33)36-19)22(32)25(2)14-17(25)20-10-9-16(37-20)8-6-11-26(27,28)29/h5,9-10,12-13,15,17,31H,4,6-8,11,14H2,1-3H3,(H,30,34)/b12-5+. The van der Waals surface area contributed by atoms with Gasteiger partial charge in [-0.15, -0.1) is 11.3 Å². The van der Waals surface area contributed by atoms with Crippen LogP contribution in [0.15, 0.2) is 39.7 Å². The Balaban J connectivity index is 1.63. The van der Waals surface area contributed by atoms with Crippen LogP contribution in [0, 0.1) is 5.41 Å². The summed E-state index contributed by atoms with van der Waals surface area (Å²) in [6.45, 7) is 3.52. The number of ketones is 1. The number of ether oxygens (including phenoxy) is 1. The summed E-state index contributed by atoms with van der Waals surface area (Å²) >= 11 is 1.38. The highest BCUT2D eigenvalue weighted by Crippen LogP contribution is 2.62. The average Bonchev–Trinajstić information content (AvgIpc) is 3.30. The fraction of sp³-hybridized carbons (Fsp3) is 0.500. The van der Waals surface area contributed by atoms with E-state index in [9.17, 15) is 32.7 Å². The molecule has 1 aliphatic carbocycles. The van der Waals surface area contributed by atoms with Crippen molar-refractivity contribution in [3.05, 3.63) is 62.0 Å². The van der Waals surface area contributed by atoms with Crippen molar-refractivity contribution < 1.29 is 37.0 Å². The van der Waals surface area contributed by atoms with E-state index in [2.05, 4.69) is 10.1 Å². The fourth-order valence-corrected chi connectivity index (χ4v) is 5.51. The maximum atomic E-state index is 13.3. The molecule has 7 nitrogen and oxygen atoms in total. The molecule has 1 fully saturated rings. The van der Waals surface area contributed by atoms with E-state index in [1.165, 1.54) is 30.7 Å². The number of rotatable bonds is 11. The van der Waals surface area contributed by atoms with Crippen molar-refractivity contribution in [2.24, 2.45) is 5.41 Å². The van der Waals surface area contributed by atoms with Crippen LogP contribution in [0.3, 0.4) is 0 Å². The number of carbonyl (C=O) groups excluding carboxylic acids is 2. The summed E-state index contributed by atoms with van der Waals surface area (Å²) in [5.41, 5.74) is -2.18. The van der Waals surface area contributed by atoms with Gasteiger partial charge in [-0.25, -0.2) is 9.59 Å². The minimum atomic E-state index is -4.18. The van der Waals surface area contributed by atoms with E-state index in [-0.39, 0.29) is 29.6 Å². The van der Waals surface area contributed by atoms with Crippen LogP contribution in [0.1, 0.15) is 83.7 Å². The van der Waals surface area contributed by atoms with Crippen LogP contribution in [0.4, 0.5) is 18.0 Å². The van der Waals surface area contributed by atoms with Crippen molar-refractivity contribution in [1.82, 2.24) is 5.32 Å². The van der Waals surface area contributed by atoms with Gasteiger partial charge < -0.3 is 14.3 Å². The van der Waals surface area contributed by atoms with E-state index in [0.717, 1.165) is 9.75 Å². The van der Waals surface area contributed by atoms with Gasteiger partial charge in [0.15, 0.2) is 5.78 Å². The van der Waals surface area contributed by atoms with Crippen molar-refractivity contribution in [2.75, 3.05) is 7.11 Å². The number of aryl methyl sites for hydroxylation is 1. The Hall–Kier alpha value is -3.08. The van der Waals surface area contributed by atoms with Gasteiger partial charge in [0.05, 0.1) is 7.11 Å². The van der Waals surface area contributed by atoms with Gasteiger partial charge in [0.2, 0.25) is 0 Å². The zero-order valence-electron chi connectivity index (χ0n) is 20.8.